The molecule has 2 heteroatoms. The summed E-state index contributed by atoms with van der Waals surface area (Å²) in [7, 11) is 0. The van der Waals surface area contributed by atoms with Gasteiger partial charge < -0.3 is 4.74 Å². The summed E-state index contributed by atoms with van der Waals surface area (Å²) >= 11 is 0. The number of allylic oxidation sites excluding steroid dienone is 2. The number of ether oxygens (including phenoxy) is 1. The number of benzene rings is 1. The standard InChI is InChI=1S/C22H30O2/c1-16(2)20-14-13-17(3)15-21(20)24-22(23)18(4)9-8-12-19-10-6-5-7-11-19/h5-12,16-17,20-21H,13-15H2,1-4H3/b12-8+,18-9+/t17-,20-,21-/m1/s1. The first-order valence-corrected chi connectivity index (χ1v) is 9.08. The van der Waals surface area contributed by atoms with Crippen molar-refractivity contribution in [1.29, 1.82) is 0 Å². The number of rotatable bonds is 5. The number of hydrogen-bond acceptors (Lipinski definition) is 2. The van der Waals surface area contributed by atoms with Gasteiger partial charge in [-0.25, -0.2) is 4.79 Å². The van der Waals surface area contributed by atoms with E-state index in [4.69, 9.17) is 4.74 Å². The second kappa shape index (κ2) is 8.86. The molecule has 1 aromatic carbocycles. The van der Waals surface area contributed by atoms with Crippen molar-refractivity contribution >= 4 is 12.0 Å². The summed E-state index contributed by atoms with van der Waals surface area (Å²) < 4.78 is 5.86. The fourth-order valence-electron chi connectivity index (χ4n) is 3.42. The molecule has 1 aromatic rings. The Morgan fingerprint density at radius 2 is 1.92 bits per heavy atom. The van der Waals surface area contributed by atoms with E-state index in [0.29, 0.717) is 23.3 Å². The second-order valence-corrected chi connectivity index (χ2v) is 7.39. The van der Waals surface area contributed by atoms with Gasteiger partial charge in [-0.2, -0.15) is 0 Å². The third kappa shape index (κ3) is 5.36. The molecule has 0 aromatic heterocycles. The number of carbonyl (C=O) groups is 1. The molecule has 24 heavy (non-hydrogen) atoms. The van der Waals surface area contributed by atoms with Crippen LogP contribution in [0.25, 0.3) is 6.08 Å². The molecule has 0 N–H and O–H groups in total. The van der Waals surface area contributed by atoms with Crippen molar-refractivity contribution < 1.29 is 9.53 Å². The summed E-state index contributed by atoms with van der Waals surface area (Å²) in [5, 5.41) is 0. The van der Waals surface area contributed by atoms with Crippen LogP contribution in [-0.2, 0) is 9.53 Å². The predicted octanol–water partition coefficient (Wildman–Crippen LogP) is 5.65. The van der Waals surface area contributed by atoms with Gasteiger partial charge >= 0.3 is 5.97 Å². The average Bonchev–Trinajstić information content (AvgIpc) is 2.55. The first-order valence-electron chi connectivity index (χ1n) is 9.08. The molecule has 130 valence electrons. The fourth-order valence-corrected chi connectivity index (χ4v) is 3.42. The van der Waals surface area contributed by atoms with Gasteiger partial charge in [0.1, 0.15) is 6.10 Å². The van der Waals surface area contributed by atoms with Crippen molar-refractivity contribution in [2.45, 2.75) is 53.1 Å². The van der Waals surface area contributed by atoms with E-state index in [1.807, 2.05) is 55.5 Å². The lowest BCUT2D eigenvalue weighted by Crippen LogP contribution is -2.36. The van der Waals surface area contributed by atoms with Gasteiger partial charge in [-0.15, -0.1) is 0 Å². The lowest BCUT2D eigenvalue weighted by molar-refractivity contribution is -0.151. The monoisotopic (exact) mass is 326 g/mol. The Bertz CT molecular complexity index is 583. The highest BCUT2D eigenvalue weighted by atomic mass is 16.5. The SMILES string of the molecule is C/C(=C\C=C\c1ccccc1)C(=O)O[C@@H]1C[C@H](C)CC[C@@H]1C(C)C. The highest BCUT2D eigenvalue weighted by Gasteiger charge is 2.33. The Morgan fingerprint density at radius 1 is 1.21 bits per heavy atom. The zero-order valence-corrected chi connectivity index (χ0v) is 15.4. The van der Waals surface area contributed by atoms with Crippen LogP contribution in [0.2, 0.25) is 0 Å². The molecule has 0 spiro atoms. The number of esters is 1. The second-order valence-electron chi connectivity index (χ2n) is 7.39. The van der Waals surface area contributed by atoms with Crippen LogP contribution < -0.4 is 0 Å². The molecular weight excluding hydrogens is 296 g/mol. The van der Waals surface area contributed by atoms with E-state index >= 15 is 0 Å². The molecule has 1 fully saturated rings. The Hall–Kier alpha value is -1.83. The fraction of sp³-hybridized carbons (Fsp3) is 0.500. The van der Waals surface area contributed by atoms with E-state index in [-0.39, 0.29) is 12.1 Å². The molecule has 2 rings (SSSR count). The number of carbonyl (C=O) groups excluding carboxylic acids is 1. The first-order chi connectivity index (χ1) is 11.5. The van der Waals surface area contributed by atoms with Crippen LogP contribution in [0.15, 0.2) is 48.1 Å². The van der Waals surface area contributed by atoms with Crippen molar-refractivity contribution in [2.24, 2.45) is 17.8 Å². The maximum absolute atomic E-state index is 12.4. The van der Waals surface area contributed by atoms with Crippen LogP contribution in [0.1, 0.15) is 52.5 Å². The lowest BCUT2D eigenvalue weighted by Gasteiger charge is -2.36. The third-order valence-electron chi connectivity index (χ3n) is 4.98. The summed E-state index contributed by atoms with van der Waals surface area (Å²) in [6.07, 6.45) is 9.20. The van der Waals surface area contributed by atoms with Gasteiger partial charge in [-0.3, -0.25) is 0 Å². The highest BCUT2D eigenvalue weighted by molar-refractivity contribution is 5.88. The molecule has 0 radical (unpaired) electrons. The lowest BCUT2D eigenvalue weighted by atomic mass is 9.75. The summed E-state index contributed by atoms with van der Waals surface area (Å²) in [6.45, 7) is 8.54. The molecule has 1 aliphatic carbocycles. The van der Waals surface area contributed by atoms with Crippen LogP contribution in [0, 0.1) is 17.8 Å². The van der Waals surface area contributed by atoms with Crippen LogP contribution in [0.5, 0.6) is 0 Å². The molecule has 3 atom stereocenters. The molecule has 0 amide bonds. The molecule has 1 saturated carbocycles. The Balaban J connectivity index is 1.96. The highest BCUT2D eigenvalue weighted by Crippen LogP contribution is 2.35. The van der Waals surface area contributed by atoms with Crippen molar-refractivity contribution in [2.75, 3.05) is 0 Å². The molecule has 0 bridgehead atoms. The molecule has 0 saturated heterocycles. The van der Waals surface area contributed by atoms with Gasteiger partial charge in [-0.05, 0) is 43.1 Å². The molecule has 2 nitrogen and oxygen atoms in total. The van der Waals surface area contributed by atoms with E-state index < -0.39 is 0 Å². The molecule has 0 aliphatic heterocycles. The first kappa shape index (κ1) is 18.5. The molecule has 0 unspecified atom stereocenters. The maximum Gasteiger partial charge on any atom is 0.333 e. The van der Waals surface area contributed by atoms with Gasteiger partial charge in [0, 0.05) is 5.57 Å². The minimum absolute atomic E-state index is 0.0581. The number of hydrogen-bond donors (Lipinski definition) is 0. The maximum atomic E-state index is 12.4. The van der Waals surface area contributed by atoms with E-state index in [2.05, 4.69) is 20.8 Å². The minimum Gasteiger partial charge on any atom is -0.459 e. The summed E-state index contributed by atoms with van der Waals surface area (Å²) in [5.74, 6) is 1.49. The van der Waals surface area contributed by atoms with Crippen LogP contribution in [0.3, 0.4) is 0 Å². The van der Waals surface area contributed by atoms with Crippen molar-refractivity contribution in [3.8, 4) is 0 Å². The topological polar surface area (TPSA) is 26.3 Å². The summed E-state index contributed by atoms with van der Waals surface area (Å²) in [6, 6.07) is 10.1. The van der Waals surface area contributed by atoms with Crippen molar-refractivity contribution in [3.05, 3.63) is 53.6 Å². The third-order valence-corrected chi connectivity index (χ3v) is 4.98. The van der Waals surface area contributed by atoms with Gasteiger partial charge in [0.2, 0.25) is 0 Å². The van der Waals surface area contributed by atoms with Crippen LogP contribution in [-0.4, -0.2) is 12.1 Å². The normalized spacial score (nSPS) is 25.2. The van der Waals surface area contributed by atoms with Crippen LogP contribution >= 0.6 is 0 Å². The average molecular weight is 326 g/mol. The Kier molecular flexibility index (Phi) is 6.84. The van der Waals surface area contributed by atoms with Gasteiger partial charge in [0.05, 0.1) is 0 Å². The zero-order chi connectivity index (χ0) is 17.5. The van der Waals surface area contributed by atoms with Gasteiger partial charge in [0.25, 0.3) is 0 Å². The minimum atomic E-state index is -0.183. The van der Waals surface area contributed by atoms with Crippen molar-refractivity contribution in [1.82, 2.24) is 0 Å². The van der Waals surface area contributed by atoms with Gasteiger partial charge in [-0.1, -0.05) is 75.8 Å². The summed E-state index contributed by atoms with van der Waals surface area (Å²) in [5.41, 5.74) is 1.78. The van der Waals surface area contributed by atoms with E-state index in [9.17, 15) is 4.79 Å². The zero-order valence-electron chi connectivity index (χ0n) is 15.4. The predicted molar refractivity (Wildman–Crippen MR) is 100 cm³/mol. The smallest absolute Gasteiger partial charge is 0.333 e. The van der Waals surface area contributed by atoms with E-state index in [1.165, 1.54) is 6.42 Å². The van der Waals surface area contributed by atoms with E-state index in [0.717, 1.165) is 18.4 Å². The molecular formula is C22H30O2. The van der Waals surface area contributed by atoms with Crippen molar-refractivity contribution in [3.63, 3.8) is 0 Å². The van der Waals surface area contributed by atoms with Gasteiger partial charge in [0.15, 0.2) is 0 Å². The summed E-state index contributed by atoms with van der Waals surface area (Å²) in [4.78, 5) is 12.4. The molecule has 0 heterocycles. The van der Waals surface area contributed by atoms with E-state index in [1.54, 1.807) is 0 Å². The molecule has 1 aliphatic rings. The quantitative estimate of drug-likeness (QED) is 0.397. The Labute approximate surface area is 146 Å². The van der Waals surface area contributed by atoms with Crippen LogP contribution in [0.4, 0.5) is 0 Å². The largest absolute Gasteiger partial charge is 0.459 e. The Morgan fingerprint density at radius 3 is 2.58 bits per heavy atom.